The number of alkyl halides is 7. The van der Waals surface area contributed by atoms with Crippen molar-refractivity contribution in [1.29, 1.82) is 0 Å². The number of aliphatic hydroxyl groups is 1. The van der Waals surface area contributed by atoms with Crippen LogP contribution in [0.3, 0.4) is 0 Å². The Labute approximate surface area is 206 Å². The smallest absolute Gasteiger partial charge is 0.422 e. The molecule has 204 valence electrons. The van der Waals surface area contributed by atoms with Crippen LogP contribution >= 0.6 is 0 Å². The van der Waals surface area contributed by atoms with Crippen molar-refractivity contribution in [3.63, 3.8) is 0 Å². The Morgan fingerprint density at radius 3 is 2.24 bits per heavy atom. The van der Waals surface area contributed by atoms with Gasteiger partial charge in [0.25, 0.3) is 24.3 Å². The molecule has 3 rings (SSSR count). The molecule has 0 bridgehead atoms. The Morgan fingerprint density at radius 2 is 1.68 bits per heavy atom. The first-order valence-corrected chi connectivity index (χ1v) is 10.1. The van der Waals surface area contributed by atoms with E-state index in [0.717, 1.165) is 24.4 Å². The number of hydrogen-bond acceptors (Lipinski definition) is 5. The topological polar surface area (TPSA) is 93.5 Å². The average Bonchev–Trinajstić information content (AvgIpc) is 2.84. The number of ether oxygens (including phenoxy) is 1. The lowest BCUT2D eigenvalue weighted by atomic mass is 10.0. The molecule has 16 heteroatoms. The third-order valence-electron chi connectivity index (χ3n) is 4.94. The lowest BCUT2D eigenvalue weighted by molar-refractivity contribution is -0.185. The molecule has 0 unspecified atom stereocenters. The zero-order valence-corrected chi connectivity index (χ0v) is 18.4. The standard InChI is InChI=1S/C22H14F9N3O4/c23-12-6-14(15(7-13(12)24)38-9-21(29,30)31)34-5-1-2-11(18(34)36)17(35)33-10-3-4-16(32-8-10)22(37,19(25)26)20(27)28/h1-8,19-20,37H,9H2,(H,33,35). The second kappa shape index (κ2) is 10.7. The number of hydrogen-bond donors (Lipinski definition) is 2. The highest BCUT2D eigenvalue weighted by Crippen LogP contribution is 2.34. The van der Waals surface area contributed by atoms with Gasteiger partial charge in [-0.3, -0.25) is 19.1 Å². The van der Waals surface area contributed by atoms with E-state index in [1.165, 1.54) is 0 Å². The normalized spacial score (nSPS) is 12.2. The molecule has 1 aromatic carbocycles. The van der Waals surface area contributed by atoms with Crippen molar-refractivity contribution >= 4 is 11.6 Å². The van der Waals surface area contributed by atoms with Crippen LogP contribution in [0.5, 0.6) is 5.75 Å². The van der Waals surface area contributed by atoms with Crippen LogP contribution < -0.4 is 15.6 Å². The molecule has 3 aromatic rings. The summed E-state index contributed by atoms with van der Waals surface area (Å²) in [6.07, 6.45) is -11.1. The van der Waals surface area contributed by atoms with E-state index in [1.54, 1.807) is 0 Å². The molecule has 0 aliphatic heterocycles. The Morgan fingerprint density at radius 1 is 1.05 bits per heavy atom. The number of carbonyl (C=O) groups is 1. The maximum absolute atomic E-state index is 13.8. The number of halogens is 9. The van der Waals surface area contributed by atoms with Gasteiger partial charge < -0.3 is 15.2 Å². The number of benzene rings is 1. The molecule has 7 nitrogen and oxygen atoms in total. The molecule has 0 fully saturated rings. The summed E-state index contributed by atoms with van der Waals surface area (Å²) in [4.78, 5) is 28.8. The molecular formula is C22H14F9N3O4. The Balaban J connectivity index is 1.93. The quantitative estimate of drug-likeness (QED) is 0.402. The van der Waals surface area contributed by atoms with Crippen LogP contribution in [-0.2, 0) is 5.60 Å². The number of rotatable bonds is 8. The van der Waals surface area contributed by atoms with Gasteiger partial charge in [-0.05, 0) is 24.3 Å². The van der Waals surface area contributed by atoms with Crippen molar-refractivity contribution in [2.24, 2.45) is 0 Å². The fourth-order valence-corrected chi connectivity index (χ4v) is 3.06. The zero-order valence-electron chi connectivity index (χ0n) is 18.4. The molecule has 38 heavy (non-hydrogen) atoms. The SMILES string of the molecule is O=C(Nc1ccc(C(O)(C(F)F)C(F)F)nc1)c1cccn(-c2cc(F)c(F)cc2OCC(F)(F)F)c1=O. The molecular weight excluding hydrogens is 541 g/mol. The number of nitrogens with zero attached hydrogens (tertiary/aromatic N) is 2. The minimum absolute atomic E-state index is 0.281. The largest absolute Gasteiger partial charge is 0.482 e. The maximum atomic E-state index is 13.8. The molecule has 1 amide bonds. The summed E-state index contributed by atoms with van der Waals surface area (Å²) in [5.41, 5.74) is -7.85. The van der Waals surface area contributed by atoms with E-state index < -0.39 is 77.0 Å². The maximum Gasteiger partial charge on any atom is 0.422 e. The summed E-state index contributed by atoms with van der Waals surface area (Å²) in [5.74, 6) is -5.17. The molecule has 2 N–H and O–H groups in total. The Kier molecular flexibility index (Phi) is 8.04. The predicted octanol–water partition coefficient (Wildman–Crippen LogP) is 4.42. The highest BCUT2D eigenvalue weighted by atomic mass is 19.4. The first-order chi connectivity index (χ1) is 17.6. The highest BCUT2D eigenvalue weighted by Gasteiger charge is 2.50. The second-order valence-electron chi connectivity index (χ2n) is 7.55. The summed E-state index contributed by atoms with van der Waals surface area (Å²) < 4.78 is 122. The minimum atomic E-state index is -4.86. The van der Waals surface area contributed by atoms with Crippen molar-refractivity contribution in [3.8, 4) is 11.4 Å². The number of aromatic nitrogens is 2. The highest BCUT2D eigenvalue weighted by molar-refractivity contribution is 6.03. The van der Waals surface area contributed by atoms with Crippen molar-refractivity contribution < 1.29 is 54.2 Å². The lowest BCUT2D eigenvalue weighted by Crippen LogP contribution is -2.42. The number of amides is 1. The van der Waals surface area contributed by atoms with Gasteiger partial charge in [0.2, 0.25) is 5.60 Å². The minimum Gasteiger partial charge on any atom is -0.482 e. The van der Waals surface area contributed by atoms with Gasteiger partial charge >= 0.3 is 6.18 Å². The first-order valence-electron chi connectivity index (χ1n) is 10.1. The lowest BCUT2D eigenvalue weighted by Gasteiger charge is -2.25. The molecule has 0 spiro atoms. The molecule has 0 saturated heterocycles. The molecule has 2 aromatic heterocycles. The van der Waals surface area contributed by atoms with Crippen LogP contribution in [-0.4, -0.2) is 46.2 Å². The molecule has 2 heterocycles. The Bertz CT molecular complexity index is 1370. The molecule has 0 radical (unpaired) electrons. The average molecular weight is 555 g/mol. The van der Waals surface area contributed by atoms with E-state index in [-0.39, 0.29) is 11.8 Å². The molecule has 0 aliphatic carbocycles. The van der Waals surface area contributed by atoms with Gasteiger partial charge in [0.05, 0.1) is 23.3 Å². The van der Waals surface area contributed by atoms with E-state index in [2.05, 4.69) is 15.0 Å². The summed E-state index contributed by atoms with van der Waals surface area (Å²) in [5, 5.41) is 11.7. The van der Waals surface area contributed by atoms with Gasteiger partial charge in [0.1, 0.15) is 11.3 Å². The van der Waals surface area contributed by atoms with Crippen molar-refractivity contribution in [3.05, 3.63) is 82.0 Å². The molecule has 0 saturated carbocycles. The number of nitrogens with one attached hydrogen (secondary N) is 1. The van der Waals surface area contributed by atoms with E-state index in [1.807, 2.05) is 0 Å². The first kappa shape index (κ1) is 28.5. The van der Waals surface area contributed by atoms with E-state index in [4.69, 9.17) is 0 Å². The van der Waals surface area contributed by atoms with Crippen LogP contribution in [0, 0.1) is 11.6 Å². The fourth-order valence-electron chi connectivity index (χ4n) is 3.06. The number of carbonyl (C=O) groups excluding carboxylic acids is 1. The van der Waals surface area contributed by atoms with Gasteiger partial charge in [-0.25, -0.2) is 26.3 Å². The van der Waals surface area contributed by atoms with E-state index in [0.29, 0.717) is 22.9 Å². The van der Waals surface area contributed by atoms with Crippen LogP contribution in [0.15, 0.2) is 53.6 Å². The van der Waals surface area contributed by atoms with Crippen LogP contribution in [0.25, 0.3) is 5.69 Å². The monoisotopic (exact) mass is 555 g/mol. The van der Waals surface area contributed by atoms with Crippen molar-refractivity contribution in [1.82, 2.24) is 9.55 Å². The van der Waals surface area contributed by atoms with Gasteiger partial charge in [-0.15, -0.1) is 0 Å². The van der Waals surface area contributed by atoms with Gasteiger partial charge in [-0.2, -0.15) is 13.2 Å². The number of pyridine rings is 2. The Hall–Kier alpha value is -4.08. The van der Waals surface area contributed by atoms with E-state index >= 15 is 0 Å². The van der Waals surface area contributed by atoms with Crippen molar-refractivity contribution in [2.75, 3.05) is 11.9 Å². The summed E-state index contributed by atoms with van der Waals surface area (Å²) in [6, 6.07) is 4.09. The predicted molar refractivity (Wildman–Crippen MR) is 112 cm³/mol. The van der Waals surface area contributed by atoms with Crippen LogP contribution in [0.1, 0.15) is 16.1 Å². The summed E-state index contributed by atoms with van der Waals surface area (Å²) in [6.45, 7) is -1.91. The summed E-state index contributed by atoms with van der Waals surface area (Å²) >= 11 is 0. The zero-order chi connectivity index (χ0) is 28.4. The van der Waals surface area contributed by atoms with Gasteiger partial charge in [0.15, 0.2) is 18.2 Å². The van der Waals surface area contributed by atoms with Crippen molar-refractivity contribution in [2.45, 2.75) is 24.6 Å². The molecule has 0 aliphatic rings. The van der Waals surface area contributed by atoms with Gasteiger partial charge in [-0.1, -0.05) is 0 Å². The van der Waals surface area contributed by atoms with Crippen LogP contribution in [0.2, 0.25) is 0 Å². The van der Waals surface area contributed by atoms with Gasteiger partial charge in [0, 0.05) is 18.3 Å². The van der Waals surface area contributed by atoms with E-state index in [9.17, 15) is 54.2 Å². The third-order valence-corrected chi connectivity index (χ3v) is 4.94. The third kappa shape index (κ3) is 5.90. The molecule has 0 atom stereocenters. The fraction of sp³-hybridized carbons (Fsp3) is 0.227. The van der Waals surface area contributed by atoms with Crippen LogP contribution in [0.4, 0.5) is 45.2 Å². The second-order valence-corrected chi connectivity index (χ2v) is 7.55. The number of anilines is 1. The summed E-state index contributed by atoms with van der Waals surface area (Å²) in [7, 11) is 0.